The van der Waals surface area contributed by atoms with E-state index in [2.05, 4.69) is 20.7 Å². The fraction of sp³-hybridized carbons (Fsp3) is 0.300. The SMILES string of the molecule is CC(=O)C(Br)c1c(OC(F)F)cccc1[N+](=O)[O-]. The minimum absolute atomic E-state index is 0.213. The van der Waals surface area contributed by atoms with Crippen LogP contribution in [0.4, 0.5) is 14.5 Å². The first-order valence-electron chi connectivity index (χ1n) is 4.71. The van der Waals surface area contributed by atoms with Crippen LogP contribution in [0.2, 0.25) is 0 Å². The van der Waals surface area contributed by atoms with Gasteiger partial charge in [-0.15, -0.1) is 0 Å². The molecule has 0 aromatic heterocycles. The maximum atomic E-state index is 12.2. The molecule has 0 spiro atoms. The van der Waals surface area contributed by atoms with Gasteiger partial charge in [0.2, 0.25) is 0 Å². The molecule has 0 amide bonds. The minimum Gasteiger partial charge on any atom is -0.434 e. The summed E-state index contributed by atoms with van der Waals surface area (Å²) in [7, 11) is 0. The van der Waals surface area contributed by atoms with Crippen LogP contribution in [0.1, 0.15) is 17.3 Å². The van der Waals surface area contributed by atoms with E-state index in [4.69, 9.17) is 0 Å². The molecule has 0 aliphatic rings. The lowest BCUT2D eigenvalue weighted by molar-refractivity contribution is -0.385. The molecule has 0 radical (unpaired) electrons. The topological polar surface area (TPSA) is 69.4 Å². The molecule has 5 nitrogen and oxygen atoms in total. The van der Waals surface area contributed by atoms with Crippen molar-refractivity contribution >= 4 is 27.4 Å². The monoisotopic (exact) mass is 323 g/mol. The van der Waals surface area contributed by atoms with Crippen molar-refractivity contribution in [3.8, 4) is 5.75 Å². The number of rotatable bonds is 5. The Morgan fingerprint density at radius 1 is 1.50 bits per heavy atom. The molecule has 1 aromatic rings. The number of hydrogen-bond donors (Lipinski definition) is 0. The number of nitro benzene ring substituents is 1. The summed E-state index contributed by atoms with van der Waals surface area (Å²) in [5.41, 5.74) is -0.666. The van der Waals surface area contributed by atoms with Crippen LogP contribution in [-0.4, -0.2) is 17.3 Å². The van der Waals surface area contributed by atoms with E-state index in [1.54, 1.807) is 0 Å². The van der Waals surface area contributed by atoms with Gasteiger partial charge in [-0.2, -0.15) is 8.78 Å². The summed E-state index contributed by atoms with van der Waals surface area (Å²) in [6, 6.07) is 3.47. The largest absolute Gasteiger partial charge is 0.434 e. The Labute approximate surface area is 109 Å². The van der Waals surface area contributed by atoms with Crippen molar-refractivity contribution in [3.05, 3.63) is 33.9 Å². The molecule has 0 aliphatic heterocycles. The molecular formula is C10H8BrF2NO4. The first kappa shape index (κ1) is 14.5. The Hall–Kier alpha value is -1.57. The molecule has 8 heteroatoms. The maximum Gasteiger partial charge on any atom is 0.387 e. The van der Waals surface area contributed by atoms with E-state index < -0.39 is 33.6 Å². The highest BCUT2D eigenvalue weighted by Gasteiger charge is 2.28. The van der Waals surface area contributed by atoms with Gasteiger partial charge in [0.05, 0.1) is 10.5 Å². The second-order valence-corrected chi connectivity index (χ2v) is 4.21. The Kier molecular flexibility index (Phi) is 4.71. The van der Waals surface area contributed by atoms with Gasteiger partial charge in [-0.1, -0.05) is 22.0 Å². The van der Waals surface area contributed by atoms with Crippen LogP contribution in [0.5, 0.6) is 5.75 Å². The number of Topliss-reactive ketones (excluding diaryl/α,β-unsaturated/α-hetero) is 1. The number of carbonyl (C=O) groups is 1. The summed E-state index contributed by atoms with van der Waals surface area (Å²) < 4.78 is 28.6. The van der Waals surface area contributed by atoms with Gasteiger partial charge in [-0.05, 0) is 13.0 Å². The molecule has 0 N–H and O–H groups in total. The Balaban J connectivity index is 3.38. The first-order valence-corrected chi connectivity index (χ1v) is 5.62. The average Bonchev–Trinajstić information content (AvgIpc) is 2.26. The molecule has 0 heterocycles. The van der Waals surface area contributed by atoms with Crippen LogP contribution in [0.25, 0.3) is 0 Å². The van der Waals surface area contributed by atoms with E-state index in [0.29, 0.717) is 0 Å². The van der Waals surface area contributed by atoms with Crippen molar-refractivity contribution in [2.75, 3.05) is 0 Å². The molecule has 1 unspecified atom stereocenters. The third-order valence-electron chi connectivity index (χ3n) is 2.07. The molecule has 0 bridgehead atoms. The fourth-order valence-corrected chi connectivity index (χ4v) is 1.81. The maximum absolute atomic E-state index is 12.2. The predicted octanol–water partition coefficient (Wildman–Crippen LogP) is 3.22. The highest BCUT2D eigenvalue weighted by molar-refractivity contribution is 9.09. The number of halogens is 3. The van der Waals surface area contributed by atoms with Crippen LogP contribution >= 0.6 is 15.9 Å². The molecule has 1 atom stereocenters. The summed E-state index contributed by atoms with van der Waals surface area (Å²) >= 11 is 2.93. The van der Waals surface area contributed by atoms with E-state index in [1.807, 2.05) is 0 Å². The number of nitro groups is 1. The zero-order chi connectivity index (χ0) is 13.9. The number of ketones is 1. The zero-order valence-electron chi connectivity index (χ0n) is 9.10. The lowest BCUT2D eigenvalue weighted by Crippen LogP contribution is -2.10. The molecule has 18 heavy (non-hydrogen) atoms. The highest BCUT2D eigenvalue weighted by Crippen LogP contribution is 2.39. The molecule has 1 rings (SSSR count). The van der Waals surface area contributed by atoms with Crippen molar-refractivity contribution in [2.24, 2.45) is 0 Å². The lowest BCUT2D eigenvalue weighted by Gasteiger charge is -2.13. The van der Waals surface area contributed by atoms with E-state index in [9.17, 15) is 23.7 Å². The van der Waals surface area contributed by atoms with Gasteiger partial charge in [0, 0.05) is 6.07 Å². The lowest BCUT2D eigenvalue weighted by atomic mass is 10.1. The van der Waals surface area contributed by atoms with Gasteiger partial charge in [-0.3, -0.25) is 14.9 Å². The Morgan fingerprint density at radius 2 is 2.11 bits per heavy atom. The van der Waals surface area contributed by atoms with E-state index in [0.717, 1.165) is 12.1 Å². The zero-order valence-corrected chi connectivity index (χ0v) is 10.7. The van der Waals surface area contributed by atoms with Crippen molar-refractivity contribution in [2.45, 2.75) is 18.4 Å². The molecule has 1 aromatic carbocycles. The average molecular weight is 324 g/mol. The summed E-state index contributed by atoms with van der Waals surface area (Å²) in [6.07, 6.45) is 0. The molecule has 0 saturated heterocycles. The smallest absolute Gasteiger partial charge is 0.387 e. The van der Waals surface area contributed by atoms with Crippen molar-refractivity contribution in [1.29, 1.82) is 0 Å². The Morgan fingerprint density at radius 3 is 2.56 bits per heavy atom. The number of benzene rings is 1. The first-order chi connectivity index (χ1) is 8.34. The van der Waals surface area contributed by atoms with E-state index in [-0.39, 0.29) is 5.56 Å². The predicted molar refractivity (Wildman–Crippen MR) is 62.1 cm³/mol. The van der Waals surface area contributed by atoms with Crippen LogP contribution in [0.3, 0.4) is 0 Å². The summed E-state index contributed by atoms with van der Waals surface area (Å²) in [4.78, 5) is 20.2. The number of nitrogens with zero attached hydrogens (tertiary/aromatic N) is 1. The van der Waals surface area contributed by atoms with Crippen LogP contribution in [0, 0.1) is 10.1 Å². The van der Waals surface area contributed by atoms with Crippen molar-refractivity contribution < 1.29 is 23.2 Å². The van der Waals surface area contributed by atoms with Crippen LogP contribution in [0.15, 0.2) is 18.2 Å². The van der Waals surface area contributed by atoms with Gasteiger partial charge in [0.15, 0.2) is 0 Å². The second kappa shape index (κ2) is 5.85. The van der Waals surface area contributed by atoms with Gasteiger partial charge < -0.3 is 4.74 Å². The molecule has 0 fully saturated rings. The van der Waals surface area contributed by atoms with Crippen molar-refractivity contribution in [1.82, 2.24) is 0 Å². The van der Waals surface area contributed by atoms with Crippen LogP contribution in [-0.2, 0) is 4.79 Å². The van der Waals surface area contributed by atoms with Crippen molar-refractivity contribution in [3.63, 3.8) is 0 Å². The minimum atomic E-state index is -3.13. The fourth-order valence-electron chi connectivity index (χ4n) is 1.35. The summed E-state index contributed by atoms with van der Waals surface area (Å²) in [5.74, 6) is -0.848. The van der Waals surface area contributed by atoms with E-state index >= 15 is 0 Å². The quantitative estimate of drug-likeness (QED) is 0.474. The van der Waals surface area contributed by atoms with Crippen LogP contribution < -0.4 is 4.74 Å². The number of hydrogen-bond acceptors (Lipinski definition) is 4. The standard InChI is InChI=1S/C10H8BrF2NO4/c1-5(15)9(11)8-6(14(16)17)3-2-4-7(8)18-10(12)13/h2-4,9-10H,1H3. The Bertz CT molecular complexity index is 481. The second-order valence-electron chi connectivity index (χ2n) is 3.30. The molecule has 0 saturated carbocycles. The summed E-state index contributed by atoms with van der Waals surface area (Å²) in [6.45, 7) is -1.94. The van der Waals surface area contributed by atoms with Gasteiger partial charge >= 0.3 is 6.61 Å². The van der Waals surface area contributed by atoms with Gasteiger partial charge in [0.1, 0.15) is 16.4 Å². The normalized spacial score (nSPS) is 12.3. The van der Waals surface area contributed by atoms with Gasteiger partial charge in [0.25, 0.3) is 5.69 Å². The number of ether oxygens (including phenoxy) is 1. The molecule has 0 aliphatic carbocycles. The number of alkyl halides is 3. The molecular weight excluding hydrogens is 316 g/mol. The number of carbonyl (C=O) groups excluding carboxylic acids is 1. The van der Waals surface area contributed by atoms with Gasteiger partial charge in [-0.25, -0.2) is 0 Å². The third-order valence-corrected chi connectivity index (χ3v) is 3.17. The highest BCUT2D eigenvalue weighted by atomic mass is 79.9. The summed E-state index contributed by atoms with van der Waals surface area (Å²) in [5, 5.41) is 10.8. The third kappa shape index (κ3) is 3.22. The van der Waals surface area contributed by atoms with E-state index in [1.165, 1.54) is 13.0 Å². The molecule has 98 valence electrons.